The van der Waals surface area contributed by atoms with E-state index in [1.807, 2.05) is 20.8 Å². The first-order chi connectivity index (χ1) is 10.3. The van der Waals surface area contributed by atoms with E-state index in [0.29, 0.717) is 4.90 Å². The van der Waals surface area contributed by atoms with Crippen LogP contribution in [0.5, 0.6) is 0 Å². The standard InChI is InChI=1S/C15H13Cl2F3O2S/c1-6-7-5-8(16)12(23-14(2,3)4)10(17)11(7)22-13(21)9(6)15(18,19)20/h5H,1-4H3. The molecule has 126 valence electrons. The van der Waals surface area contributed by atoms with Crippen molar-refractivity contribution < 1.29 is 17.6 Å². The molecule has 0 spiro atoms. The second-order valence-corrected chi connectivity index (χ2v) is 8.60. The normalized spacial score (nSPS) is 12.9. The Morgan fingerprint density at radius 3 is 2.22 bits per heavy atom. The molecule has 0 aliphatic carbocycles. The average Bonchev–Trinajstić information content (AvgIpc) is 2.33. The van der Waals surface area contributed by atoms with E-state index >= 15 is 0 Å². The van der Waals surface area contributed by atoms with Crippen molar-refractivity contribution in [1.29, 1.82) is 0 Å². The first kappa shape index (κ1) is 18.5. The van der Waals surface area contributed by atoms with Crippen LogP contribution in [0.4, 0.5) is 13.2 Å². The van der Waals surface area contributed by atoms with Crippen molar-refractivity contribution in [2.75, 3.05) is 0 Å². The molecule has 1 aromatic carbocycles. The molecule has 0 aliphatic heterocycles. The van der Waals surface area contributed by atoms with Gasteiger partial charge in [-0.3, -0.25) is 0 Å². The summed E-state index contributed by atoms with van der Waals surface area (Å²) >= 11 is 13.8. The van der Waals surface area contributed by atoms with Crippen molar-refractivity contribution in [3.63, 3.8) is 0 Å². The maximum Gasteiger partial charge on any atom is 0.423 e. The van der Waals surface area contributed by atoms with Crippen LogP contribution in [0.15, 0.2) is 20.2 Å². The number of thioether (sulfide) groups is 1. The Morgan fingerprint density at radius 1 is 1.17 bits per heavy atom. The van der Waals surface area contributed by atoms with Gasteiger partial charge in [0.15, 0.2) is 5.58 Å². The minimum absolute atomic E-state index is 0.0429. The Morgan fingerprint density at radius 2 is 1.74 bits per heavy atom. The van der Waals surface area contributed by atoms with E-state index in [0.717, 1.165) is 0 Å². The van der Waals surface area contributed by atoms with Gasteiger partial charge in [0, 0.05) is 15.0 Å². The van der Waals surface area contributed by atoms with E-state index in [-0.39, 0.29) is 31.3 Å². The SMILES string of the molecule is Cc1c(C(F)(F)F)c(=O)oc2c(Cl)c(SC(C)(C)C)c(Cl)cc12. The summed E-state index contributed by atoms with van der Waals surface area (Å²) in [4.78, 5) is 12.2. The zero-order chi connectivity index (χ0) is 17.7. The molecule has 23 heavy (non-hydrogen) atoms. The number of halogens is 5. The summed E-state index contributed by atoms with van der Waals surface area (Å²) in [5.41, 5.74) is -3.13. The van der Waals surface area contributed by atoms with Crippen LogP contribution >= 0.6 is 35.0 Å². The summed E-state index contributed by atoms with van der Waals surface area (Å²) in [7, 11) is 0. The summed E-state index contributed by atoms with van der Waals surface area (Å²) in [6.45, 7) is 7.00. The Kier molecular flexibility index (Phi) is 4.74. The van der Waals surface area contributed by atoms with E-state index in [1.54, 1.807) is 0 Å². The van der Waals surface area contributed by atoms with Crippen LogP contribution in [0, 0.1) is 6.92 Å². The van der Waals surface area contributed by atoms with Gasteiger partial charge >= 0.3 is 11.8 Å². The van der Waals surface area contributed by atoms with Crippen LogP contribution in [0.25, 0.3) is 11.0 Å². The first-order valence-electron chi connectivity index (χ1n) is 6.54. The zero-order valence-corrected chi connectivity index (χ0v) is 15.0. The molecule has 1 aromatic heterocycles. The quantitative estimate of drug-likeness (QED) is 0.425. The predicted molar refractivity (Wildman–Crippen MR) is 87.9 cm³/mol. The molecule has 0 saturated carbocycles. The van der Waals surface area contributed by atoms with E-state index in [4.69, 9.17) is 27.6 Å². The molecule has 0 aliphatic rings. The lowest BCUT2D eigenvalue weighted by Gasteiger charge is -2.20. The Labute approximate surface area is 144 Å². The van der Waals surface area contributed by atoms with Crippen molar-refractivity contribution in [1.82, 2.24) is 0 Å². The van der Waals surface area contributed by atoms with Gasteiger partial charge in [-0.2, -0.15) is 13.2 Å². The van der Waals surface area contributed by atoms with Crippen molar-refractivity contribution in [2.45, 2.75) is 43.5 Å². The lowest BCUT2D eigenvalue weighted by atomic mass is 10.1. The van der Waals surface area contributed by atoms with Crippen LogP contribution in [-0.4, -0.2) is 4.75 Å². The molecule has 2 aromatic rings. The topological polar surface area (TPSA) is 30.2 Å². The highest BCUT2D eigenvalue weighted by molar-refractivity contribution is 8.00. The van der Waals surface area contributed by atoms with Crippen molar-refractivity contribution in [2.24, 2.45) is 0 Å². The largest absolute Gasteiger partial charge is 0.423 e. The molecular weight excluding hydrogens is 372 g/mol. The third-order valence-electron chi connectivity index (χ3n) is 3.00. The van der Waals surface area contributed by atoms with E-state index in [9.17, 15) is 18.0 Å². The van der Waals surface area contributed by atoms with E-state index < -0.39 is 17.4 Å². The molecule has 0 fully saturated rings. The highest BCUT2D eigenvalue weighted by atomic mass is 35.5. The van der Waals surface area contributed by atoms with Crippen LogP contribution < -0.4 is 5.63 Å². The van der Waals surface area contributed by atoms with Gasteiger partial charge in [0.25, 0.3) is 0 Å². The molecule has 1 heterocycles. The molecule has 0 radical (unpaired) electrons. The number of aryl methyl sites for hydroxylation is 1. The number of hydrogen-bond donors (Lipinski definition) is 0. The van der Waals surface area contributed by atoms with Gasteiger partial charge in [-0.25, -0.2) is 4.79 Å². The first-order valence-corrected chi connectivity index (χ1v) is 8.12. The number of rotatable bonds is 1. The van der Waals surface area contributed by atoms with Gasteiger partial charge in [0.1, 0.15) is 5.56 Å². The molecular formula is C15H13Cl2F3O2S. The number of hydrogen-bond acceptors (Lipinski definition) is 3. The summed E-state index contributed by atoms with van der Waals surface area (Å²) in [6.07, 6.45) is -4.81. The number of benzene rings is 1. The Bertz CT molecular complexity index is 836. The van der Waals surface area contributed by atoms with Crippen LogP contribution in [0.3, 0.4) is 0 Å². The second-order valence-electron chi connectivity index (χ2n) is 5.98. The smallest absolute Gasteiger partial charge is 0.421 e. The molecule has 0 N–H and O–H groups in total. The minimum Gasteiger partial charge on any atom is -0.421 e. The van der Waals surface area contributed by atoms with Crippen LogP contribution in [0.1, 0.15) is 31.9 Å². The molecule has 0 bridgehead atoms. The van der Waals surface area contributed by atoms with Gasteiger partial charge in [0.2, 0.25) is 0 Å². The van der Waals surface area contributed by atoms with Crippen molar-refractivity contribution >= 4 is 45.9 Å². The number of alkyl halides is 3. The fourth-order valence-electron chi connectivity index (χ4n) is 2.12. The maximum atomic E-state index is 13.0. The molecule has 8 heteroatoms. The molecule has 2 rings (SSSR count). The zero-order valence-electron chi connectivity index (χ0n) is 12.7. The summed E-state index contributed by atoms with van der Waals surface area (Å²) in [5, 5.41) is 0.332. The lowest BCUT2D eigenvalue weighted by molar-refractivity contribution is -0.140. The highest BCUT2D eigenvalue weighted by Crippen LogP contribution is 2.45. The van der Waals surface area contributed by atoms with Gasteiger partial charge in [-0.15, -0.1) is 11.8 Å². The Balaban J connectivity index is 2.86. The molecule has 0 saturated heterocycles. The van der Waals surface area contributed by atoms with Gasteiger partial charge in [-0.05, 0) is 18.6 Å². The third-order valence-corrected chi connectivity index (χ3v) is 5.12. The van der Waals surface area contributed by atoms with Gasteiger partial charge < -0.3 is 4.42 Å². The van der Waals surface area contributed by atoms with Gasteiger partial charge in [0.05, 0.1) is 10.0 Å². The predicted octanol–water partition coefficient (Wildman–Crippen LogP) is 6.32. The average molecular weight is 385 g/mol. The third kappa shape index (κ3) is 3.64. The van der Waals surface area contributed by atoms with Crippen molar-refractivity contribution in [3.05, 3.63) is 37.7 Å². The molecule has 0 amide bonds. The summed E-state index contributed by atoms with van der Waals surface area (Å²) in [5.74, 6) is 0. The molecule has 0 atom stereocenters. The monoisotopic (exact) mass is 384 g/mol. The fourth-order valence-corrected chi connectivity index (χ4v) is 3.80. The maximum absolute atomic E-state index is 13.0. The van der Waals surface area contributed by atoms with Crippen molar-refractivity contribution in [3.8, 4) is 0 Å². The second kappa shape index (κ2) is 5.90. The Hall–Kier alpha value is -0.850. The van der Waals surface area contributed by atoms with E-state index in [1.165, 1.54) is 24.8 Å². The summed E-state index contributed by atoms with van der Waals surface area (Å²) < 4.78 is 43.7. The summed E-state index contributed by atoms with van der Waals surface area (Å²) in [6, 6.07) is 1.35. The van der Waals surface area contributed by atoms with Gasteiger partial charge in [-0.1, -0.05) is 44.0 Å². The fraction of sp³-hybridized carbons (Fsp3) is 0.400. The molecule has 0 unspecified atom stereocenters. The van der Waals surface area contributed by atoms with E-state index in [2.05, 4.69) is 0 Å². The lowest BCUT2D eigenvalue weighted by Crippen LogP contribution is -2.20. The van der Waals surface area contributed by atoms with Crippen LogP contribution in [-0.2, 0) is 6.18 Å². The highest BCUT2D eigenvalue weighted by Gasteiger charge is 2.38. The minimum atomic E-state index is -4.81. The number of fused-ring (bicyclic) bond motifs is 1. The van der Waals surface area contributed by atoms with Crippen LogP contribution in [0.2, 0.25) is 10.0 Å². The molecule has 2 nitrogen and oxygen atoms in total.